The van der Waals surface area contributed by atoms with Crippen molar-refractivity contribution < 1.29 is 4.79 Å². The molecule has 0 atom stereocenters. The standard InChI is InChI=1S/C17H14N2OS/c1-12-5-4-6-13(9-12)16(20)10-21-17-14-7-2-3-8-15(14)18-11-19-17/h2-9,11H,10H2,1H3. The van der Waals surface area contributed by atoms with E-state index < -0.39 is 0 Å². The zero-order valence-corrected chi connectivity index (χ0v) is 12.4. The molecular weight excluding hydrogens is 280 g/mol. The lowest BCUT2D eigenvalue weighted by Gasteiger charge is -2.05. The number of thioether (sulfide) groups is 1. The minimum absolute atomic E-state index is 0.117. The summed E-state index contributed by atoms with van der Waals surface area (Å²) in [5.74, 6) is 0.496. The lowest BCUT2D eigenvalue weighted by Crippen LogP contribution is -2.03. The lowest BCUT2D eigenvalue weighted by molar-refractivity contribution is 0.102. The number of carbonyl (C=O) groups is 1. The molecule has 0 N–H and O–H groups in total. The quantitative estimate of drug-likeness (QED) is 0.415. The van der Waals surface area contributed by atoms with Crippen LogP contribution in [0.3, 0.4) is 0 Å². The summed E-state index contributed by atoms with van der Waals surface area (Å²) in [6.45, 7) is 1.99. The number of hydrogen-bond acceptors (Lipinski definition) is 4. The second-order valence-electron chi connectivity index (χ2n) is 4.78. The lowest BCUT2D eigenvalue weighted by atomic mass is 10.1. The van der Waals surface area contributed by atoms with Gasteiger partial charge in [-0.2, -0.15) is 0 Å². The molecule has 2 aromatic carbocycles. The maximum atomic E-state index is 12.2. The van der Waals surface area contributed by atoms with E-state index >= 15 is 0 Å². The molecule has 0 radical (unpaired) electrons. The van der Waals surface area contributed by atoms with Crippen LogP contribution in [-0.4, -0.2) is 21.5 Å². The Balaban J connectivity index is 1.79. The SMILES string of the molecule is Cc1cccc(C(=O)CSc2ncnc3ccccc23)c1. The third-order valence-electron chi connectivity index (χ3n) is 3.19. The fraction of sp³-hybridized carbons (Fsp3) is 0.118. The predicted octanol–water partition coefficient (Wildman–Crippen LogP) is 3.91. The summed E-state index contributed by atoms with van der Waals surface area (Å²) in [6, 6.07) is 15.5. The van der Waals surface area contributed by atoms with E-state index in [1.54, 1.807) is 6.33 Å². The number of para-hydroxylation sites is 1. The molecule has 0 aliphatic carbocycles. The normalized spacial score (nSPS) is 10.7. The molecule has 0 amide bonds. The number of fused-ring (bicyclic) bond motifs is 1. The van der Waals surface area contributed by atoms with Gasteiger partial charge in [0.05, 0.1) is 11.3 Å². The molecule has 0 aliphatic rings. The monoisotopic (exact) mass is 294 g/mol. The Bertz CT molecular complexity index is 796. The van der Waals surface area contributed by atoms with Crippen LogP contribution in [-0.2, 0) is 0 Å². The average molecular weight is 294 g/mol. The fourth-order valence-electron chi connectivity index (χ4n) is 2.13. The minimum Gasteiger partial charge on any atom is -0.293 e. The number of benzene rings is 2. The fourth-order valence-corrected chi connectivity index (χ4v) is 3.02. The van der Waals surface area contributed by atoms with Crippen LogP contribution in [0.1, 0.15) is 15.9 Å². The van der Waals surface area contributed by atoms with Crippen molar-refractivity contribution in [2.24, 2.45) is 0 Å². The first-order valence-corrected chi connectivity index (χ1v) is 7.65. The molecule has 21 heavy (non-hydrogen) atoms. The third-order valence-corrected chi connectivity index (χ3v) is 4.19. The van der Waals surface area contributed by atoms with E-state index in [2.05, 4.69) is 9.97 Å². The van der Waals surface area contributed by atoms with Gasteiger partial charge in [0.25, 0.3) is 0 Å². The highest BCUT2D eigenvalue weighted by molar-refractivity contribution is 8.00. The molecule has 0 aliphatic heterocycles. The molecule has 3 nitrogen and oxygen atoms in total. The zero-order chi connectivity index (χ0) is 14.7. The molecule has 0 spiro atoms. The van der Waals surface area contributed by atoms with Gasteiger partial charge in [0.1, 0.15) is 11.4 Å². The van der Waals surface area contributed by atoms with Crippen molar-refractivity contribution in [2.45, 2.75) is 11.9 Å². The van der Waals surface area contributed by atoms with Crippen LogP contribution in [0.25, 0.3) is 10.9 Å². The Hall–Kier alpha value is -2.20. The van der Waals surface area contributed by atoms with Crippen LogP contribution in [0.2, 0.25) is 0 Å². The maximum Gasteiger partial charge on any atom is 0.173 e. The van der Waals surface area contributed by atoms with Crippen molar-refractivity contribution in [1.29, 1.82) is 0 Å². The molecule has 0 unspecified atom stereocenters. The van der Waals surface area contributed by atoms with Crippen molar-refractivity contribution in [3.05, 3.63) is 66.0 Å². The Labute approximate surface area is 127 Å². The van der Waals surface area contributed by atoms with Gasteiger partial charge in [-0.15, -0.1) is 0 Å². The molecule has 0 fully saturated rings. The van der Waals surface area contributed by atoms with Crippen molar-refractivity contribution in [3.8, 4) is 0 Å². The average Bonchev–Trinajstić information content (AvgIpc) is 2.52. The summed E-state index contributed by atoms with van der Waals surface area (Å²) in [5.41, 5.74) is 2.75. The van der Waals surface area contributed by atoms with Gasteiger partial charge >= 0.3 is 0 Å². The van der Waals surface area contributed by atoms with Crippen molar-refractivity contribution in [3.63, 3.8) is 0 Å². The Morgan fingerprint density at radius 1 is 1.10 bits per heavy atom. The van der Waals surface area contributed by atoms with Gasteiger partial charge in [0.2, 0.25) is 0 Å². The molecule has 3 aromatic rings. The molecule has 0 saturated heterocycles. The number of aromatic nitrogens is 2. The topological polar surface area (TPSA) is 42.9 Å². The van der Waals surface area contributed by atoms with Crippen molar-refractivity contribution in [2.75, 3.05) is 5.75 Å². The minimum atomic E-state index is 0.117. The van der Waals surface area contributed by atoms with Crippen LogP contribution >= 0.6 is 11.8 Å². The molecule has 1 heterocycles. The predicted molar refractivity (Wildman–Crippen MR) is 85.8 cm³/mol. The molecule has 1 aromatic heterocycles. The maximum absolute atomic E-state index is 12.2. The van der Waals surface area contributed by atoms with E-state index in [1.165, 1.54) is 11.8 Å². The molecule has 0 saturated carbocycles. The third kappa shape index (κ3) is 3.11. The summed E-state index contributed by atoms with van der Waals surface area (Å²) in [7, 11) is 0. The van der Waals surface area contributed by atoms with Crippen LogP contribution in [0.4, 0.5) is 0 Å². The molecule has 4 heteroatoms. The van der Waals surface area contributed by atoms with E-state index in [1.807, 2.05) is 55.5 Å². The van der Waals surface area contributed by atoms with Crippen LogP contribution in [0.5, 0.6) is 0 Å². The van der Waals surface area contributed by atoms with Gasteiger partial charge < -0.3 is 0 Å². The number of aryl methyl sites for hydroxylation is 1. The van der Waals surface area contributed by atoms with Crippen molar-refractivity contribution >= 4 is 28.4 Å². The molecular formula is C17H14N2OS. The van der Waals surface area contributed by atoms with Gasteiger partial charge in [-0.05, 0) is 19.1 Å². The Morgan fingerprint density at radius 2 is 1.95 bits per heavy atom. The number of rotatable bonds is 4. The summed E-state index contributed by atoms with van der Waals surface area (Å²) in [5, 5.41) is 1.84. The number of ketones is 1. The summed E-state index contributed by atoms with van der Waals surface area (Å²) in [4.78, 5) is 20.8. The molecule has 104 valence electrons. The van der Waals surface area contributed by atoms with Gasteiger partial charge in [0, 0.05) is 10.9 Å². The first-order chi connectivity index (χ1) is 10.2. The van der Waals surface area contributed by atoms with E-state index in [4.69, 9.17) is 0 Å². The van der Waals surface area contributed by atoms with Crippen LogP contribution < -0.4 is 0 Å². The van der Waals surface area contributed by atoms with E-state index in [9.17, 15) is 4.79 Å². The molecule has 0 bridgehead atoms. The number of Topliss-reactive ketones (excluding diaryl/α,β-unsaturated/α-hetero) is 1. The smallest absolute Gasteiger partial charge is 0.173 e. The Morgan fingerprint density at radius 3 is 2.81 bits per heavy atom. The van der Waals surface area contributed by atoms with E-state index in [0.717, 1.165) is 27.1 Å². The largest absolute Gasteiger partial charge is 0.293 e. The zero-order valence-electron chi connectivity index (χ0n) is 11.6. The second kappa shape index (κ2) is 6.06. The van der Waals surface area contributed by atoms with Gasteiger partial charge in [-0.1, -0.05) is 53.7 Å². The summed E-state index contributed by atoms with van der Waals surface area (Å²) in [6.07, 6.45) is 1.54. The van der Waals surface area contributed by atoms with Gasteiger partial charge in [-0.3, -0.25) is 4.79 Å². The van der Waals surface area contributed by atoms with Crippen molar-refractivity contribution in [1.82, 2.24) is 9.97 Å². The highest BCUT2D eigenvalue weighted by Crippen LogP contribution is 2.24. The number of hydrogen-bond donors (Lipinski definition) is 0. The highest BCUT2D eigenvalue weighted by atomic mass is 32.2. The van der Waals surface area contributed by atoms with E-state index in [0.29, 0.717) is 5.75 Å². The van der Waals surface area contributed by atoms with Crippen LogP contribution in [0, 0.1) is 6.92 Å². The highest BCUT2D eigenvalue weighted by Gasteiger charge is 2.09. The van der Waals surface area contributed by atoms with Gasteiger partial charge in [-0.25, -0.2) is 9.97 Å². The summed E-state index contributed by atoms with van der Waals surface area (Å²) >= 11 is 1.46. The first-order valence-electron chi connectivity index (χ1n) is 6.66. The summed E-state index contributed by atoms with van der Waals surface area (Å²) < 4.78 is 0. The Kier molecular flexibility index (Phi) is 3.97. The van der Waals surface area contributed by atoms with Crippen LogP contribution in [0.15, 0.2) is 59.9 Å². The van der Waals surface area contributed by atoms with E-state index in [-0.39, 0.29) is 5.78 Å². The molecule has 3 rings (SSSR count). The number of carbonyl (C=O) groups excluding carboxylic acids is 1. The first kappa shape index (κ1) is 13.8. The van der Waals surface area contributed by atoms with Gasteiger partial charge in [0.15, 0.2) is 5.78 Å². The number of nitrogens with zero attached hydrogens (tertiary/aromatic N) is 2. The second-order valence-corrected chi connectivity index (χ2v) is 5.74.